The lowest BCUT2D eigenvalue weighted by molar-refractivity contribution is -0.274. The summed E-state index contributed by atoms with van der Waals surface area (Å²) in [6.07, 6.45) is -5.33. The van der Waals surface area contributed by atoms with Crippen LogP contribution >= 0.6 is 27.7 Å². The molecular formula is C11H7BrF6O2S. The van der Waals surface area contributed by atoms with Gasteiger partial charge in [-0.15, -0.1) is 13.2 Å². The molecule has 2 nitrogen and oxygen atoms in total. The number of benzene rings is 1. The Kier molecular flexibility index (Phi) is 5.97. The van der Waals surface area contributed by atoms with Crippen molar-refractivity contribution in [2.24, 2.45) is 0 Å². The molecule has 0 atom stereocenters. The number of thioether (sulfide) groups is 1. The standard InChI is InChI=1S/C11H7BrF6O2S/c12-5-7(19)3-6-1-2-8(20-10(13,14)15)4-9(6)21-11(16,17)18/h1-2,4H,3,5H2. The highest BCUT2D eigenvalue weighted by Crippen LogP contribution is 2.40. The van der Waals surface area contributed by atoms with Crippen LogP contribution < -0.4 is 4.74 Å². The van der Waals surface area contributed by atoms with Crippen molar-refractivity contribution in [2.75, 3.05) is 5.33 Å². The number of hydrogen-bond acceptors (Lipinski definition) is 3. The van der Waals surface area contributed by atoms with Crippen molar-refractivity contribution in [3.63, 3.8) is 0 Å². The van der Waals surface area contributed by atoms with E-state index in [0.29, 0.717) is 6.07 Å². The van der Waals surface area contributed by atoms with Gasteiger partial charge < -0.3 is 4.74 Å². The van der Waals surface area contributed by atoms with E-state index in [1.54, 1.807) is 0 Å². The summed E-state index contributed by atoms with van der Waals surface area (Å²) in [4.78, 5) is 10.8. The largest absolute Gasteiger partial charge is 0.573 e. The summed E-state index contributed by atoms with van der Waals surface area (Å²) >= 11 is 2.27. The third kappa shape index (κ3) is 7.07. The Bertz CT molecular complexity index is 514. The van der Waals surface area contributed by atoms with E-state index in [-0.39, 0.29) is 17.3 Å². The van der Waals surface area contributed by atoms with Crippen LogP contribution in [0.3, 0.4) is 0 Å². The van der Waals surface area contributed by atoms with Gasteiger partial charge in [0.25, 0.3) is 0 Å². The van der Waals surface area contributed by atoms with E-state index in [1.807, 2.05) is 0 Å². The smallest absolute Gasteiger partial charge is 0.406 e. The van der Waals surface area contributed by atoms with E-state index in [1.165, 1.54) is 0 Å². The molecule has 0 fully saturated rings. The molecule has 1 rings (SSSR count). The zero-order valence-corrected chi connectivity index (χ0v) is 12.4. The topological polar surface area (TPSA) is 26.3 Å². The van der Waals surface area contributed by atoms with Crippen molar-refractivity contribution in [3.8, 4) is 5.75 Å². The third-order valence-corrected chi connectivity index (χ3v) is 3.49. The fourth-order valence-electron chi connectivity index (χ4n) is 1.36. The minimum atomic E-state index is -5.01. The second kappa shape index (κ2) is 6.91. The molecule has 0 aliphatic carbocycles. The monoisotopic (exact) mass is 396 g/mol. The predicted octanol–water partition coefficient (Wildman–Crippen LogP) is 4.70. The Hall–Kier alpha value is -0.900. The second-order valence-electron chi connectivity index (χ2n) is 3.71. The van der Waals surface area contributed by atoms with Gasteiger partial charge in [0.1, 0.15) is 11.5 Å². The van der Waals surface area contributed by atoms with Crippen LogP contribution in [0.25, 0.3) is 0 Å². The van der Waals surface area contributed by atoms with Gasteiger partial charge in [0, 0.05) is 11.3 Å². The van der Waals surface area contributed by atoms with Crippen molar-refractivity contribution in [2.45, 2.75) is 23.2 Å². The summed E-state index contributed by atoms with van der Waals surface area (Å²) in [6, 6.07) is 2.49. The van der Waals surface area contributed by atoms with Crippen LogP contribution in [0.1, 0.15) is 5.56 Å². The van der Waals surface area contributed by atoms with Crippen LogP contribution in [0, 0.1) is 0 Å². The Labute approximate surface area is 128 Å². The molecule has 0 saturated heterocycles. The van der Waals surface area contributed by atoms with Gasteiger partial charge in [-0.2, -0.15) is 13.2 Å². The Morgan fingerprint density at radius 1 is 1.19 bits per heavy atom. The molecule has 0 saturated carbocycles. The molecule has 10 heteroatoms. The molecule has 0 bridgehead atoms. The summed E-state index contributed by atoms with van der Waals surface area (Å²) in [5.41, 5.74) is -4.71. The van der Waals surface area contributed by atoms with E-state index in [0.717, 1.165) is 12.1 Å². The van der Waals surface area contributed by atoms with Crippen LogP contribution in [-0.4, -0.2) is 23.0 Å². The van der Waals surface area contributed by atoms with Gasteiger partial charge in [-0.1, -0.05) is 22.0 Å². The fourth-order valence-corrected chi connectivity index (χ4v) is 2.25. The maximum absolute atomic E-state index is 12.4. The van der Waals surface area contributed by atoms with E-state index >= 15 is 0 Å². The Morgan fingerprint density at radius 3 is 2.29 bits per heavy atom. The van der Waals surface area contributed by atoms with Gasteiger partial charge in [0.15, 0.2) is 0 Å². The highest BCUT2D eigenvalue weighted by molar-refractivity contribution is 9.09. The second-order valence-corrected chi connectivity index (χ2v) is 5.38. The van der Waals surface area contributed by atoms with E-state index in [9.17, 15) is 31.1 Å². The molecule has 0 aliphatic rings. The molecule has 21 heavy (non-hydrogen) atoms. The number of carbonyl (C=O) groups excluding carboxylic acids is 1. The highest BCUT2D eigenvalue weighted by atomic mass is 79.9. The summed E-state index contributed by atoms with van der Waals surface area (Å²) in [7, 11) is 0. The molecular weight excluding hydrogens is 390 g/mol. The van der Waals surface area contributed by atoms with Crippen molar-refractivity contribution in [3.05, 3.63) is 23.8 Å². The van der Waals surface area contributed by atoms with Crippen molar-refractivity contribution in [1.82, 2.24) is 0 Å². The lowest BCUT2D eigenvalue weighted by atomic mass is 10.1. The van der Waals surface area contributed by atoms with Crippen molar-refractivity contribution in [1.29, 1.82) is 0 Å². The van der Waals surface area contributed by atoms with Gasteiger partial charge in [-0.05, 0) is 29.5 Å². The van der Waals surface area contributed by atoms with E-state index in [2.05, 4.69) is 20.7 Å². The number of rotatable bonds is 5. The highest BCUT2D eigenvalue weighted by Gasteiger charge is 2.33. The summed E-state index contributed by atoms with van der Waals surface area (Å²) < 4.78 is 77.0. The zero-order valence-electron chi connectivity index (χ0n) is 10.0. The van der Waals surface area contributed by atoms with Crippen LogP contribution in [-0.2, 0) is 11.2 Å². The maximum Gasteiger partial charge on any atom is 0.573 e. The average Bonchev–Trinajstić information content (AvgIpc) is 2.28. The van der Waals surface area contributed by atoms with Gasteiger partial charge in [-0.25, -0.2) is 0 Å². The first-order valence-electron chi connectivity index (χ1n) is 5.22. The molecule has 0 radical (unpaired) electrons. The molecule has 0 heterocycles. The molecule has 0 N–H and O–H groups in total. The van der Waals surface area contributed by atoms with Gasteiger partial charge >= 0.3 is 11.9 Å². The molecule has 0 amide bonds. The number of ether oxygens (including phenoxy) is 1. The SMILES string of the molecule is O=C(CBr)Cc1ccc(OC(F)(F)F)cc1SC(F)(F)F. The maximum atomic E-state index is 12.4. The quantitative estimate of drug-likeness (QED) is 0.409. The molecule has 0 aliphatic heterocycles. The predicted molar refractivity (Wildman–Crippen MR) is 67.5 cm³/mol. The first-order valence-corrected chi connectivity index (χ1v) is 7.16. The number of alkyl halides is 7. The van der Waals surface area contributed by atoms with E-state index in [4.69, 9.17) is 0 Å². The Morgan fingerprint density at radius 2 is 1.81 bits per heavy atom. The molecule has 0 unspecified atom stereocenters. The van der Waals surface area contributed by atoms with Crippen LogP contribution in [0.4, 0.5) is 26.3 Å². The van der Waals surface area contributed by atoms with Crippen molar-refractivity contribution >= 4 is 33.5 Å². The Balaban J connectivity index is 3.10. The van der Waals surface area contributed by atoms with Gasteiger partial charge in [0.2, 0.25) is 0 Å². The molecule has 118 valence electrons. The van der Waals surface area contributed by atoms with Crippen LogP contribution in [0.15, 0.2) is 23.1 Å². The lowest BCUT2D eigenvalue weighted by Crippen LogP contribution is -2.17. The average molecular weight is 397 g/mol. The number of hydrogen-bond donors (Lipinski definition) is 0. The van der Waals surface area contributed by atoms with Crippen LogP contribution in [0.5, 0.6) is 5.75 Å². The summed E-state index contributed by atoms with van der Waals surface area (Å²) in [6.45, 7) is 0. The normalized spacial score (nSPS) is 12.3. The molecule has 1 aromatic rings. The van der Waals surface area contributed by atoms with Gasteiger partial charge in [-0.3, -0.25) is 4.79 Å². The molecule has 0 aromatic heterocycles. The number of Topliss-reactive ketones (excluding diaryl/α,β-unsaturated/α-hetero) is 1. The summed E-state index contributed by atoms with van der Waals surface area (Å²) in [5, 5.41) is -0.0655. The number of carbonyl (C=O) groups is 1. The number of halogens is 7. The van der Waals surface area contributed by atoms with E-state index < -0.39 is 40.1 Å². The minimum absolute atomic E-state index is 0.0173. The molecule has 1 aromatic carbocycles. The zero-order chi connectivity index (χ0) is 16.3. The minimum Gasteiger partial charge on any atom is -0.406 e. The number of ketones is 1. The lowest BCUT2D eigenvalue weighted by Gasteiger charge is -2.14. The molecule has 0 spiro atoms. The first-order chi connectivity index (χ1) is 9.50. The van der Waals surface area contributed by atoms with Gasteiger partial charge in [0.05, 0.1) is 5.33 Å². The van der Waals surface area contributed by atoms with Crippen molar-refractivity contribution < 1.29 is 35.9 Å². The third-order valence-electron chi connectivity index (χ3n) is 2.03. The summed E-state index contributed by atoms with van der Waals surface area (Å²) in [5.74, 6) is -1.17. The van der Waals surface area contributed by atoms with Crippen LogP contribution in [0.2, 0.25) is 0 Å². The fraction of sp³-hybridized carbons (Fsp3) is 0.364. The first kappa shape index (κ1) is 18.1.